The number of aryl methyl sites for hydroxylation is 1. The van der Waals surface area contributed by atoms with Crippen LogP contribution < -0.4 is 5.32 Å². The van der Waals surface area contributed by atoms with Crippen LogP contribution in [0.25, 0.3) is 0 Å². The number of benzene rings is 2. The highest BCUT2D eigenvalue weighted by Gasteiger charge is 2.21. The molecule has 2 aromatic rings. The highest BCUT2D eigenvalue weighted by molar-refractivity contribution is 6.31. The van der Waals surface area contributed by atoms with Crippen molar-refractivity contribution in [1.29, 1.82) is 0 Å². The van der Waals surface area contributed by atoms with Crippen LogP contribution in [0.3, 0.4) is 0 Å². The summed E-state index contributed by atoms with van der Waals surface area (Å²) in [7, 11) is 1.86. The molecule has 6 heteroatoms. The van der Waals surface area contributed by atoms with Gasteiger partial charge >= 0.3 is 5.97 Å². The van der Waals surface area contributed by atoms with E-state index in [-0.39, 0.29) is 17.7 Å². The summed E-state index contributed by atoms with van der Waals surface area (Å²) in [5.41, 5.74) is 4.42. The number of carbonyl (C=O) groups excluding carboxylic acids is 1. The average Bonchev–Trinajstić information content (AvgIpc) is 3.14. The Morgan fingerprint density at radius 1 is 1.27 bits per heavy atom. The molecule has 4 nitrogen and oxygen atoms in total. The third kappa shape index (κ3) is 5.70. The number of hydrogen-bond acceptors (Lipinski definition) is 4. The molecule has 1 aliphatic rings. The number of halogens is 2. The van der Waals surface area contributed by atoms with E-state index in [1.54, 1.807) is 12.1 Å². The lowest BCUT2D eigenvalue weighted by Gasteiger charge is -2.12. The van der Waals surface area contributed by atoms with E-state index in [1.807, 2.05) is 25.4 Å². The van der Waals surface area contributed by atoms with Crippen LogP contribution >= 0.6 is 11.6 Å². The molecule has 158 valence electrons. The van der Waals surface area contributed by atoms with E-state index in [0.717, 1.165) is 41.8 Å². The Kier molecular flexibility index (Phi) is 7.63. The van der Waals surface area contributed by atoms with Crippen molar-refractivity contribution in [3.63, 3.8) is 0 Å². The Balaban J connectivity index is 1.36. The zero-order valence-corrected chi connectivity index (χ0v) is 17.8. The van der Waals surface area contributed by atoms with E-state index in [9.17, 15) is 9.18 Å². The first kappa shape index (κ1) is 22.0. The summed E-state index contributed by atoms with van der Waals surface area (Å²) < 4.78 is 18.3. The molecular weight excluding hydrogens is 403 g/mol. The van der Waals surface area contributed by atoms with Crippen molar-refractivity contribution in [2.75, 3.05) is 19.0 Å². The number of fused-ring (bicyclic) bond motifs is 1. The Labute approximate surface area is 181 Å². The molecule has 1 aliphatic heterocycles. The van der Waals surface area contributed by atoms with Gasteiger partial charge in [0.2, 0.25) is 0 Å². The Bertz CT molecular complexity index is 941. The van der Waals surface area contributed by atoms with Crippen LogP contribution in [-0.2, 0) is 16.0 Å². The maximum Gasteiger partial charge on any atom is 0.333 e. The molecule has 0 fully saturated rings. The second-order valence-corrected chi connectivity index (χ2v) is 7.82. The van der Waals surface area contributed by atoms with Gasteiger partial charge in [-0.1, -0.05) is 30.3 Å². The lowest BCUT2D eigenvalue weighted by molar-refractivity contribution is -0.139. The van der Waals surface area contributed by atoms with Gasteiger partial charge in [0.15, 0.2) is 0 Å². The monoisotopic (exact) mass is 428 g/mol. The number of anilines is 1. The normalized spacial score (nSPS) is 14.4. The fourth-order valence-electron chi connectivity index (χ4n) is 3.49. The van der Waals surface area contributed by atoms with Crippen molar-refractivity contribution in [3.8, 4) is 0 Å². The summed E-state index contributed by atoms with van der Waals surface area (Å²) in [6.07, 6.45) is 5.69. The van der Waals surface area contributed by atoms with Crippen LogP contribution in [0.2, 0.25) is 5.02 Å². The second kappa shape index (κ2) is 10.4. The van der Waals surface area contributed by atoms with E-state index < -0.39 is 0 Å². The molecule has 0 bridgehead atoms. The first-order valence-electron chi connectivity index (χ1n) is 10.1. The molecule has 0 saturated heterocycles. The van der Waals surface area contributed by atoms with E-state index in [2.05, 4.69) is 16.9 Å². The second-order valence-electron chi connectivity index (χ2n) is 7.39. The van der Waals surface area contributed by atoms with E-state index in [4.69, 9.17) is 16.3 Å². The summed E-state index contributed by atoms with van der Waals surface area (Å²) in [4.78, 5) is 16.6. The summed E-state index contributed by atoms with van der Waals surface area (Å²) in [6, 6.07) is 10.1. The number of rotatable bonds is 10. The van der Waals surface area contributed by atoms with Crippen molar-refractivity contribution in [3.05, 3.63) is 70.5 Å². The molecule has 2 aromatic carbocycles. The number of aliphatic imine (C=N–C) groups is 1. The molecule has 0 saturated carbocycles. The molecule has 1 heterocycles. The predicted molar refractivity (Wildman–Crippen MR) is 121 cm³/mol. The molecule has 0 spiro atoms. The van der Waals surface area contributed by atoms with Gasteiger partial charge in [-0.25, -0.2) is 9.18 Å². The molecule has 0 aromatic heterocycles. The van der Waals surface area contributed by atoms with Gasteiger partial charge in [-0.15, -0.1) is 0 Å². The van der Waals surface area contributed by atoms with Crippen molar-refractivity contribution in [1.82, 2.24) is 0 Å². The standard InChI is InChI=1S/C24H26ClFN2O2/c1-16(6-7-17-8-10-20(26)11-9-17)24(29)30-12-4-3-5-18-15-28-23-21(18)13-19(25)14-22(23)27-2/h8-11,13-15,18,27H,1,3-7,12H2,2H3. The number of ether oxygens (including phenoxy) is 1. The number of nitrogens with one attached hydrogen (secondary N) is 1. The van der Waals surface area contributed by atoms with Crippen molar-refractivity contribution >= 4 is 35.2 Å². The molecule has 30 heavy (non-hydrogen) atoms. The van der Waals surface area contributed by atoms with E-state index in [0.29, 0.717) is 30.0 Å². The van der Waals surface area contributed by atoms with E-state index >= 15 is 0 Å². The van der Waals surface area contributed by atoms with Crippen LogP contribution in [0, 0.1) is 5.82 Å². The summed E-state index contributed by atoms with van der Waals surface area (Å²) in [5.74, 6) is -0.405. The number of hydrogen-bond donors (Lipinski definition) is 1. The molecule has 3 rings (SSSR count). The first-order valence-corrected chi connectivity index (χ1v) is 10.5. The van der Waals surface area contributed by atoms with Crippen LogP contribution in [0.5, 0.6) is 0 Å². The highest BCUT2D eigenvalue weighted by Crippen LogP contribution is 2.42. The van der Waals surface area contributed by atoms with Gasteiger partial charge in [0.1, 0.15) is 5.82 Å². The van der Waals surface area contributed by atoms with Crippen LogP contribution in [0.4, 0.5) is 15.8 Å². The molecule has 0 radical (unpaired) electrons. The minimum atomic E-state index is -0.365. The zero-order valence-electron chi connectivity index (χ0n) is 17.1. The minimum Gasteiger partial charge on any atom is -0.462 e. The number of nitrogens with zero attached hydrogens (tertiary/aromatic N) is 1. The minimum absolute atomic E-state index is 0.229. The predicted octanol–water partition coefficient (Wildman–Crippen LogP) is 6.22. The van der Waals surface area contributed by atoms with Gasteiger partial charge in [-0.3, -0.25) is 4.99 Å². The topological polar surface area (TPSA) is 50.7 Å². The third-order valence-electron chi connectivity index (χ3n) is 5.22. The molecular formula is C24H26ClFN2O2. The fraction of sp³-hybridized carbons (Fsp3) is 0.333. The van der Waals surface area contributed by atoms with Crippen molar-refractivity contribution < 1.29 is 13.9 Å². The molecule has 0 aliphatic carbocycles. The van der Waals surface area contributed by atoms with Crippen molar-refractivity contribution in [2.45, 2.75) is 38.0 Å². The molecule has 0 amide bonds. The zero-order chi connectivity index (χ0) is 21.5. The average molecular weight is 429 g/mol. The van der Waals surface area contributed by atoms with Gasteiger partial charge in [0.25, 0.3) is 0 Å². The number of unbranched alkanes of at least 4 members (excludes halogenated alkanes) is 1. The van der Waals surface area contributed by atoms with Gasteiger partial charge in [-0.05, 0) is 67.5 Å². The SMILES string of the molecule is C=C(CCc1ccc(F)cc1)C(=O)OCCCCC1C=Nc2c(NC)cc(Cl)cc21. The lowest BCUT2D eigenvalue weighted by Crippen LogP contribution is -2.09. The van der Waals surface area contributed by atoms with Crippen molar-refractivity contribution in [2.24, 2.45) is 4.99 Å². The molecule has 1 atom stereocenters. The fourth-order valence-corrected chi connectivity index (χ4v) is 3.72. The lowest BCUT2D eigenvalue weighted by atomic mass is 9.95. The Morgan fingerprint density at radius 3 is 2.77 bits per heavy atom. The number of esters is 1. The largest absolute Gasteiger partial charge is 0.462 e. The van der Waals surface area contributed by atoms with Gasteiger partial charge in [0.05, 0.1) is 18.0 Å². The molecule has 1 unspecified atom stereocenters. The Morgan fingerprint density at radius 2 is 2.03 bits per heavy atom. The Hall–Kier alpha value is -2.66. The van der Waals surface area contributed by atoms with Crippen LogP contribution in [0.1, 0.15) is 42.7 Å². The van der Waals surface area contributed by atoms with Gasteiger partial charge in [-0.2, -0.15) is 0 Å². The first-order chi connectivity index (χ1) is 14.5. The summed E-state index contributed by atoms with van der Waals surface area (Å²) in [6.45, 7) is 4.18. The van der Waals surface area contributed by atoms with Gasteiger partial charge < -0.3 is 10.1 Å². The molecule has 1 N–H and O–H groups in total. The number of carbonyl (C=O) groups is 1. The van der Waals surface area contributed by atoms with Crippen LogP contribution in [-0.4, -0.2) is 25.8 Å². The van der Waals surface area contributed by atoms with E-state index in [1.165, 1.54) is 12.1 Å². The quantitative estimate of drug-likeness (QED) is 0.277. The maximum atomic E-state index is 12.9. The van der Waals surface area contributed by atoms with Crippen LogP contribution in [0.15, 0.2) is 53.5 Å². The maximum absolute atomic E-state index is 12.9. The third-order valence-corrected chi connectivity index (χ3v) is 5.43. The summed E-state index contributed by atoms with van der Waals surface area (Å²) >= 11 is 6.21. The van der Waals surface area contributed by atoms with Gasteiger partial charge in [0, 0.05) is 29.8 Å². The smallest absolute Gasteiger partial charge is 0.333 e. The highest BCUT2D eigenvalue weighted by atomic mass is 35.5. The summed E-state index contributed by atoms with van der Waals surface area (Å²) in [5, 5.41) is 3.83.